The second-order valence-corrected chi connectivity index (χ2v) is 5.95. The molecule has 136 valence electrons. The van der Waals surface area contributed by atoms with Gasteiger partial charge in [-0.1, -0.05) is 0 Å². The third-order valence-corrected chi connectivity index (χ3v) is 4.49. The molecule has 1 amide bonds. The number of anilines is 2. The lowest BCUT2D eigenvalue weighted by molar-refractivity contribution is 0.105. The minimum Gasteiger partial charge on any atom is -0.450 e. The summed E-state index contributed by atoms with van der Waals surface area (Å²) in [6.07, 6.45) is -0.274. The molecule has 1 aliphatic heterocycles. The molecule has 0 atom stereocenters. The first-order valence-electron chi connectivity index (χ1n) is 8.88. The second-order valence-electron chi connectivity index (χ2n) is 5.95. The summed E-state index contributed by atoms with van der Waals surface area (Å²) in [4.78, 5) is 22.6. The van der Waals surface area contributed by atoms with Gasteiger partial charge in [-0.05, 0) is 39.3 Å². The van der Waals surface area contributed by atoms with Gasteiger partial charge in [0.15, 0.2) is 0 Å². The van der Waals surface area contributed by atoms with Gasteiger partial charge in [0.25, 0.3) is 0 Å². The number of nitrogens with zero attached hydrogens (tertiary/aromatic N) is 5. The van der Waals surface area contributed by atoms with Crippen molar-refractivity contribution in [2.75, 3.05) is 55.7 Å². The number of hydrogen-bond donors (Lipinski definition) is 0. The SMILES string of the molecule is CCOC(=O)N1CCN(c2nc(N(CC)CC)cc(C)c2C#N)CC1. The lowest BCUT2D eigenvalue weighted by Gasteiger charge is -2.35. The van der Waals surface area contributed by atoms with Crippen LogP contribution in [0.3, 0.4) is 0 Å². The highest BCUT2D eigenvalue weighted by atomic mass is 16.6. The fourth-order valence-corrected chi connectivity index (χ4v) is 3.03. The summed E-state index contributed by atoms with van der Waals surface area (Å²) in [5.74, 6) is 1.61. The van der Waals surface area contributed by atoms with Crippen molar-refractivity contribution in [1.82, 2.24) is 9.88 Å². The van der Waals surface area contributed by atoms with Gasteiger partial charge in [0.05, 0.1) is 12.2 Å². The molecule has 1 saturated heterocycles. The van der Waals surface area contributed by atoms with E-state index in [4.69, 9.17) is 9.72 Å². The Bertz CT molecular complexity index is 644. The highest BCUT2D eigenvalue weighted by Crippen LogP contribution is 2.27. The summed E-state index contributed by atoms with van der Waals surface area (Å²) in [7, 11) is 0. The largest absolute Gasteiger partial charge is 0.450 e. The zero-order valence-corrected chi connectivity index (χ0v) is 15.6. The normalized spacial score (nSPS) is 14.2. The molecule has 25 heavy (non-hydrogen) atoms. The molecule has 0 N–H and O–H groups in total. The van der Waals surface area contributed by atoms with Crippen molar-refractivity contribution >= 4 is 17.7 Å². The van der Waals surface area contributed by atoms with Crippen LogP contribution in [0.4, 0.5) is 16.4 Å². The first-order chi connectivity index (χ1) is 12.0. The average molecular weight is 345 g/mol. The number of ether oxygens (including phenoxy) is 1. The number of nitriles is 1. The van der Waals surface area contributed by atoms with E-state index in [0.29, 0.717) is 44.2 Å². The molecular weight excluding hydrogens is 318 g/mol. The number of aryl methyl sites for hydroxylation is 1. The van der Waals surface area contributed by atoms with E-state index in [1.807, 2.05) is 13.0 Å². The highest BCUT2D eigenvalue weighted by Gasteiger charge is 2.25. The van der Waals surface area contributed by atoms with E-state index in [1.165, 1.54) is 0 Å². The summed E-state index contributed by atoms with van der Waals surface area (Å²) < 4.78 is 5.06. The average Bonchev–Trinajstić information content (AvgIpc) is 2.62. The van der Waals surface area contributed by atoms with Gasteiger partial charge in [-0.3, -0.25) is 0 Å². The van der Waals surface area contributed by atoms with Crippen LogP contribution in [0.1, 0.15) is 31.9 Å². The van der Waals surface area contributed by atoms with Crippen LogP contribution in [0.2, 0.25) is 0 Å². The van der Waals surface area contributed by atoms with Crippen LogP contribution in [-0.4, -0.2) is 61.9 Å². The molecule has 1 fully saturated rings. The summed E-state index contributed by atoms with van der Waals surface area (Å²) >= 11 is 0. The fraction of sp³-hybridized carbons (Fsp3) is 0.611. The van der Waals surface area contributed by atoms with E-state index >= 15 is 0 Å². The smallest absolute Gasteiger partial charge is 0.409 e. The van der Waals surface area contributed by atoms with Crippen molar-refractivity contribution in [1.29, 1.82) is 5.26 Å². The predicted molar refractivity (Wildman–Crippen MR) is 98.1 cm³/mol. The van der Waals surface area contributed by atoms with E-state index in [0.717, 1.165) is 24.5 Å². The standard InChI is InChI=1S/C18H27N5O2/c1-5-21(6-2)16-12-14(4)15(13-19)17(20-16)22-8-10-23(11-9-22)18(24)25-7-3/h12H,5-11H2,1-4H3. The van der Waals surface area contributed by atoms with Crippen molar-refractivity contribution in [2.45, 2.75) is 27.7 Å². The molecule has 7 nitrogen and oxygen atoms in total. The lowest BCUT2D eigenvalue weighted by Crippen LogP contribution is -2.49. The van der Waals surface area contributed by atoms with Crippen molar-refractivity contribution in [3.63, 3.8) is 0 Å². The molecule has 0 aromatic carbocycles. The Balaban J connectivity index is 2.24. The molecule has 0 aliphatic carbocycles. The third kappa shape index (κ3) is 4.13. The van der Waals surface area contributed by atoms with E-state index in [9.17, 15) is 10.1 Å². The topological polar surface area (TPSA) is 72.7 Å². The van der Waals surface area contributed by atoms with Gasteiger partial charge in [0, 0.05) is 39.3 Å². The molecule has 0 unspecified atom stereocenters. The molecule has 1 aromatic rings. The zero-order chi connectivity index (χ0) is 18.4. The van der Waals surface area contributed by atoms with E-state index in [1.54, 1.807) is 11.8 Å². The number of aromatic nitrogens is 1. The Morgan fingerprint density at radius 1 is 1.28 bits per heavy atom. The Hall–Kier alpha value is -2.49. The maximum Gasteiger partial charge on any atom is 0.409 e. The first kappa shape index (κ1) is 18.8. The van der Waals surface area contributed by atoms with Crippen LogP contribution in [0, 0.1) is 18.3 Å². The monoisotopic (exact) mass is 345 g/mol. The molecule has 7 heteroatoms. The third-order valence-electron chi connectivity index (χ3n) is 4.49. The van der Waals surface area contributed by atoms with Crippen molar-refractivity contribution in [3.8, 4) is 6.07 Å². The van der Waals surface area contributed by atoms with Gasteiger partial charge in [0.1, 0.15) is 17.7 Å². The van der Waals surface area contributed by atoms with Crippen LogP contribution in [0.5, 0.6) is 0 Å². The fourth-order valence-electron chi connectivity index (χ4n) is 3.03. The molecule has 0 radical (unpaired) electrons. The molecule has 1 aliphatic rings. The molecule has 2 rings (SSSR count). The van der Waals surface area contributed by atoms with Crippen LogP contribution in [-0.2, 0) is 4.74 Å². The summed E-state index contributed by atoms with van der Waals surface area (Å²) in [6, 6.07) is 4.27. The molecular formula is C18H27N5O2. The Kier molecular flexibility index (Phi) is 6.45. The maximum absolute atomic E-state index is 11.9. The molecule has 0 saturated carbocycles. The molecule has 0 bridgehead atoms. The molecule has 2 heterocycles. The minimum atomic E-state index is -0.274. The van der Waals surface area contributed by atoms with Crippen molar-refractivity contribution < 1.29 is 9.53 Å². The number of piperazine rings is 1. The van der Waals surface area contributed by atoms with Gasteiger partial charge in [0.2, 0.25) is 0 Å². The number of hydrogen-bond acceptors (Lipinski definition) is 6. The van der Waals surface area contributed by atoms with Gasteiger partial charge in [-0.2, -0.15) is 5.26 Å². The van der Waals surface area contributed by atoms with E-state index in [2.05, 4.69) is 29.7 Å². The minimum absolute atomic E-state index is 0.274. The number of carbonyl (C=O) groups is 1. The van der Waals surface area contributed by atoms with Crippen LogP contribution < -0.4 is 9.80 Å². The molecule has 1 aromatic heterocycles. The lowest BCUT2D eigenvalue weighted by atomic mass is 10.1. The van der Waals surface area contributed by atoms with Crippen LogP contribution in [0.25, 0.3) is 0 Å². The van der Waals surface area contributed by atoms with Crippen LogP contribution in [0.15, 0.2) is 6.07 Å². The second kappa shape index (κ2) is 8.56. The number of rotatable bonds is 5. The highest BCUT2D eigenvalue weighted by molar-refractivity contribution is 5.68. The van der Waals surface area contributed by atoms with Crippen LogP contribution >= 0.6 is 0 Å². The predicted octanol–water partition coefficient (Wildman–Crippen LogP) is 2.39. The zero-order valence-electron chi connectivity index (χ0n) is 15.6. The van der Waals surface area contributed by atoms with Gasteiger partial charge in [-0.15, -0.1) is 0 Å². The number of pyridine rings is 1. The summed E-state index contributed by atoms with van der Waals surface area (Å²) in [6.45, 7) is 12.5. The quantitative estimate of drug-likeness (QED) is 0.816. The summed E-state index contributed by atoms with van der Waals surface area (Å²) in [5.41, 5.74) is 1.54. The van der Waals surface area contributed by atoms with Gasteiger partial charge < -0.3 is 19.4 Å². The summed E-state index contributed by atoms with van der Waals surface area (Å²) in [5, 5.41) is 9.57. The Morgan fingerprint density at radius 2 is 1.92 bits per heavy atom. The molecule has 0 spiro atoms. The van der Waals surface area contributed by atoms with Gasteiger partial charge in [-0.25, -0.2) is 9.78 Å². The first-order valence-corrected chi connectivity index (χ1v) is 8.88. The van der Waals surface area contributed by atoms with E-state index in [-0.39, 0.29) is 6.09 Å². The van der Waals surface area contributed by atoms with Crippen molar-refractivity contribution in [3.05, 3.63) is 17.2 Å². The number of amides is 1. The Morgan fingerprint density at radius 3 is 2.44 bits per heavy atom. The van der Waals surface area contributed by atoms with Crippen molar-refractivity contribution in [2.24, 2.45) is 0 Å². The maximum atomic E-state index is 11.9. The number of carbonyl (C=O) groups excluding carboxylic acids is 1. The van der Waals surface area contributed by atoms with E-state index < -0.39 is 0 Å². The van der Waals surface area contributed by atoms with Gasteiger partial charge >= 0.3 is 6.09 Å². The Labute approximate surface area is 149 Å².